The number of benzene rings is 1. The molecule has 7 nitrogen and oxygen atoms in total. The van der Waals surface area contributed by atoms with Gasteiger partial charge in [-0.05, 0) is 37.1 Å². The second kappa shape index (κ2) is 7.14. The van der Waals surface area contributed by atoms with Gasteiger partial charge < -0.3 is 9.73 Å². The van der Waals surface area contributed by atoms with Crippen LogP contribution in [0.15, 0.2) is 46.2 Å². The van der Waals surface area contributed by atoms with Crippen molar-refractivity contribution in [3.63, 3.8) is 0 Å². The molecule has 1 aromatic carbocycles. The number of aromatic nitrogens is 1. The van der Waals surface area contributed by atoms with Crippen LogP contribution in [0.5, 0.6) is 0 Å². The van der Waals surface area contributed by atoms with Gasteiger partial charge in [-0.1, -0.05) is 0 Å². The fraction of sp³-hybridized carbons (Fsp3) is 0.375. The zero-order chi connectivity index (χ0) is 17.0. The Morgan fingerprint density at radius 1 is 1.21 bits per heavy atom. The molecular formula is C16H19N3O4S. The van der Waals surface area contributed by atoms with Gasteiger partial charge in [-0.2, -0.15) is 4.31 Å². The standard InChI is InChI=1S/C16H19N3O4S/c20-16(17-8-7-14-11-23-12-18-14)13-3-5-15(6-4-13)24(21,22)19-9-1-2-10-19/h3-6,11-12H,1-2,7-10H2,(H,17,20). The van der Waals surface area contributed by atoms with Crippen LogP contribution in [0.2, 0.25) is 0 Å². The highest BCUT2D eigenvalue weighted by Gasteiger charge is 2.27. The number of carbonyl (C=O) groups is 1. The molecule has 2 aromatic rings. The summed E-state index contributed by atoms with van der Waals surface area (Å²) < 4.78 is 31.2. The van der Waals surface area contributed by atoms with Crippen LogP contribution in [0, 0.1) is 0 Å². The van der Waals surface area contributed by atoms with Crippen molar-refractivity contribution in [2.24, 2.45) is 0 Å². The molecule has 24 heavy (non-hydrogen) atoms. The zero-order valence-corrected chi connectivity index (χ0v) is 14.0. The van der Waals surface area contributed by atoms with Crippen LogP contribution in [0.3, 0.4) is 0 Å². The highest BCUT2D eigenvalue weighted by Crippen LogP contribution is 2.21. The van der Waals surface area contributed by atoms with Crippen LogP contribution in [0.4, 0.5) is 0 Å². The molecule has 2 heterocycles. The highest BCUT2D eigenvalue weighted by atomic mass is 32.2. The maximum atomic E-state index is 12.4. The van der Waals surface area contributed by atoms with Gasteiger partial charge in [-0.15, -0.1) is 0 Å². The molecule has 0 saturated carbocycles. The first-order valence-electron chi connectivity index (χ1n) is 7.83. The molecule has 0 aliphatic carbocycles. The molecule has 0 spiro atoms. The normalized spacial score (nSPS) is 15.5. The van der Waals surface area contributed by atoms with E-state index in [9.17, 15) is 13.2 Å². The topological polar surface area (TPSA) is 92.5 Å². The van der Waals surface area contributed by atoms with Crippen LogP contribution in [-0.2, 0) is 16.4 Å². The Morgan fingerprint density at radius 3 is 2.54 bits per heavy atom. The van der Waals surface area contributed by atoms with Crippen molar-refractivity contribution in [3.05, 3.63) is 48.2 Å². The number of hydrogen-bond donors (Lipinski definition) is 1. The molecule has 1 aromatic heterocycles. The third-order valence-corrected chi connectivity index (χ3v) is 5.88. The van der Waals surface area contributed by atoms with Crippen molar-refractivity contribution in [2.75, 3.05) is 19.6 Å². The van der Waals surface area contributed by atoms with Gasteiger partial charge in [0.05, 0.1) is 10.6 Å². The number of rotatable bonds is 6. The van der Waals surface area contributed by atoms with Gasteiger partial charge in [0.1, 0.15) is 6.26 Å². The van der Waals surface area contributed by atoms with Gasteiger partial charge >= 0.3 is 0 Å². The van der Waals surface area contributed by atoms with Gasteiger partial charge in [-0.3, -0.25) is 4.79 Å². The maximum Gasteiger partial charge on any atom is 0.251 e. The number of oxazole rings is 1. The second-order valence-corrected chi connectivity index (χ2v) is 7.56. The number of hydrogen-bond acceptors (Lipinski definition) is 5. The van der Waals surface area contributed by atoms with E-state index in [1.807, 2.05) is 0 Å². The molecule has 128 valence electrons. The predicted octanol–water partition coefficient (Wildman–Crippen LogP) is 1.43. The lowest BCUT2D eigenvalue weighted by Crippen LogP contribution is -2.28. The maximum absolute atomic E-state index is 12.4. The van der Waals surface area contributed by atoms with E-state index in [0.29, 0.717) is 31.6 Å². The second-order valence-electron chi connectivity index (χ2n) is 5.62. The molecule has 0 atom stereocenters. The van der Waals surface area contributed by atoms with Crippen molar-refractivity contribution in [1.82, 2.24) is 14.6 Å². The molecule has 1 fully saturated rings. The zero-order valence-electron chi connectivity index (χ0n) is 13.1. The number of nitrogens with zero attached hydrogens (tertiary/aromatic N) is 2. The molecule has 0 bridgehead atoms. The van der Waals surface area contributed by atoms with E-state index >= 15 is 0 Å². The Kier molecular flexibility index (Phi) is 4.96. The van der Waals surface area contributed by atoms with E-state index in [1.54, 1.807) is 0 Å². The quantitative estimate of drug-likeness (QED) is 0.852. The molecule has 0 unspecified atom stereocenters. The van der Waals surface area contributed by atoms with Crippen molar-refractivity contribution in [1.29, 1.82) is 0 Å². The third-order valence-electron chi connectivity index (χ3n) is 3.97. The molecule has 0 radical (unpaired) electrons. The highest BCUT2D eigenvalue weighted by molar-refractivity contribution is 7.89. The molecule has 3 rings (SSSR count). The van der Waals surface area contributed by atoms with Crippen molar-refractivity contribution < 1.29 is 17.6 Å². The van der Waals surface area contributed by atoms with E-state index in [4.69, 9.17) is 4.42 Å². The minimum Gasteiger partial charge on any atom is -0.451 e. The largest absolute Gasteiger partial charge is 0.451 e. The first-order chi connectivity index (χ1) is 11.6. The Bertz CT molecular complexity index is 779. The fourth-order valence-corrected chi connectivity index (χ4v) is 4.14. The molecule has 8 heteroatoms. The van der Waals surface area contributed by atoms with Gasteiger partial charge in [0.25, 0.3) is 5.91 Å². The Labute approximate surface area is 140 Å². The first-order valence-corrected chi connectivity index (χ1v) is 9.27. The van der Waals surface area contributed by atoms with Crippen LogP contribution in [0.1, 0.15) is 28.9 Å². The van der Waals surface area contributed by atoms with Crippen LogP contribution in [0.25, 0.3) is 0 Å². The van der Waals surface area contributed by atoms with Crippen LogP contribution >= 0.6 is 0 Å². The van der Waals surface area contributed by atoms with Gasteiger partial charge in [0.15, 0.2) is 6.39 Å². The van der Waals surface area contributed by atoms with E-state index in [2.05, 4.69) is 10.3 Å². The number of amides is 1. The summed E-state index contributed by atoms with van der Waals surface area (Å²) in [6, 6.07) is 6.04. The van der Waals surface area contributed by atoms with Gasteiger partial charge in [0, 0.05) is 31.6 Å². The summed E-state index contributed by atoms with van der Waals surface area (Å²) in [5.41, 5.74) is 1.19. The van der Waals surface area contributed by atoms with Crippen molar-refractivity contribution in [2.45, 2.75) is 24.2 Å². The predicted molar refractivity (Wildman–Crippen MR) is 87.0 cm³/mol. The third kappa shape index (κ3) is 3.65. The van der Waals surface area contributed by atoms with E-state index in [1.165, 1.54) is 41.2 Å². The average molecular weight is 349 g/mol. The lowest BCUT2D eigenvalue weighted by molar-refractivity contribution is 0.0954. The lowest BCUT2D eigenvalue weighted by atomic mass is 10.2. The summed E-state index contributed by atoms with van der Waals surface area (Å²) in [6.45, 7) is 1.55. The Balaban J connectivity index is 1.60. The summed E-state index contributed by atoms with van der Waals surface area (Å²) in [5.74, 6) is -0.247. The van der Waals surface area contributed by atoms with Crippen LogP contribution in [-0.4, -0.2) is 43.2 Å². The molecule has 1 amide bonds. The van der Waals surface area contributed by atoms with E-state index < -0.39 is 10.0 Å². The SMILES string of the molecule is O=C(NCCc1cocn1)c1ccc(S(=O)(=O)N2CCCC2)cc1. The molecule has 1 aliphatic heterocycles. The number of carbonyl (C=O) groups excluding carboxylic acids is 1. The van der Waals surface area contributed by atoms with E-state index in [-0.39, 0.29) is 10.8 Å². The average Bonchev–Trinajstić information content (AvgIpc) is 3.29. The summed E-state index contributed by atoms with van der Waals surface area (Å²) in [5, 5.41) is 2.77. The fourth-order valence-electron chi connectivity index (χ4n) is 2.62. The Hall–Kier alpha value is -2.19. The summed E-state index contributed by atoms with van der Waals surface area (Å²) in [6.07, 6.45) is 5.24. The number of sulfonamides is 1. The molecule has 1 saturated heterocycles. The first kappa shape index (κ1) is 16.7. The summed E-state index contributed by atoms with van der Waals surface area (Å²) in [4.78, 5) is 16.3. The van der Waals surface area contributed by atoms with E-state index in [0.717, 1.165) is 18.5 Å². The lowest BCUT2D eigenvalue weighted by Gasteiger charge is -2.15. The molecule has 1 aliphatic rings. The summed E-state index contributed by atoms with van der Waals surface area (Å²) in [7, 11) is -3.44. The number of nitrogens with one attached hydrogen (secondary N) is 1. The minimum absolute atomic E-state index is 0.226. The smallest absolute Gasteiger partial charge is 0.251 e. The van der Waals surface area contributed by atoms with Gasteiger partial charge in [-0.25, -0.2) is 13.4 Å². The van der Waals surface area contributed by atoms with Crippen molar-refractivity contribution >= 4 is 15.9 Å². The van der Waals surface area contributed by atoms with Crippen molar-refractivity contribution in [3.8, 4) is 0 Å². The molecule has 1 N–H and O–H groups in total. The minimum atomic E-state index is -3.44. The molecular weight excluding hydrogens is 330 g/mol. The Morgan fingerprint density at radius 2 is 1.92 bits per heavy atom. The monoisotopic (exact) mass is 349 g/mol. The van der Waals surface area contributed by atoms with Gasteiger partial charge in [0.2, 0.25) is 10.0 Å². The summed E-state index contributed by atoms with van der Waals surface area (Å²) >= 11 is 0. The van der Waals surface area contributed by atoms with Crippen LogP contribution < -0.4 is 5.32 Å².